The van der Waals surface area contributed by atoms with Gasteiger partial charge in [-0.15, -0.1) is 0 Å². The van der Waals surface area contributed by atoms with Gasteiger partial charge in [-0.2, -0.15) is 0 Å². The lowest BCUT2D eigenvalue weighted by Gasteiger charge is -2.27. The van der Waals surface area contributed by atoms with Crippen LogP contribution >= 0.6 is 0 Å². The molecule has 0 saturated carbocycles. The minimum Gasteiger partial charge on any atom is -0.508 e. The fourth-order valence-corrected chi connectivity index (χ4v) is 4.17. The van der Waals surface area contributed by atoms with Gasteiger partial charge in [0, 0.05) is 6.54 Å². The molecule has 1 aliphatic heterocycles. The SMILES string of the molecule is CC(C)[C@H](NC(=O)[C@H](CC(=O)O)NC(=O)CNC(=O)[C@@H]1CCCN1C(=O)[C@@H](N)Cc1ccc(O)cc1)C(=O)O. The number of hydrogen-bond acceptors (Lipinski definition) is 8. The molecule has 214 valence electrons. The standard InChI is InChI=1S/C25H35N5O9/c1-13(2)21(25(38)39)29-22(35)17(11-20(33)34)28-19(32)12-27-23(36)18-4-3-9-30(18)24(37)16(26)10-14-5-7-15(31)8-6-14/h5-8,13,16-18,21,31H,3-4,9-12,26H2,1-2H3,(H,27,36)(H,28,32)(H,29,35)(H,33,34)(H,38,39)/t16-,17-,18-,21-/m0/s1. The number of carboxylic acids is 2. The van der Waals surface area contributed by atoms with Gasteiger partial charge in [-0.25, -0.2) is 4.79 Å². The number of carbonyl (C=O) groups is 6. The van der Waals surface area contributed by atoms with E-state index in [0.717, 1.165) is 5.56 Å². The highest BCUT2D eigenvalue weighted by molar-refractivity contribution is 5.95. The number of carbonyl (C=O) groups excluding carboxylic acids is 4. The molecule has 1 heterocycles. The molecule has 2 rings (SSSR count). The second-order valence-electron chi connectivity index (χ2n) is 9.67. The summed E-state index contributed by atoms with van der Waals surface area (Å²) in [5.74, 6) is -6.06. The Morgan fingerprint density at radius 1 is 1.05 bits per heavy atom. The fourth-order valence-electron chi connectivity index (χ4n) is 4.17. The van der Waals surface area contributed by atoms with Gasteiger partial charge in [0.25, 0.3) is 0 Å². The Morgan fingerprint density at radius 3 is 2.26 bits per heavy atom. The van der Waals surface area contributed by atoms with Gasteiger partial charge in [0.05, 0.1) is 19.0 Å². The van der Waals surface area contributed by atoms with E-state index in [0.29, 0.717) is 19.4 Å². The molecule has 1 saturated heterocycles. The lowest BCUT2D eigenvalue weighted by molar-refractivity contribution is -0.144. The van der Waals surface area contributed by atoms with Gasteiger partial charge in [0.1, 0.15) is 23.9 Å². The average Bonchev–Trinajstić information content (AvgIpc) is 3.35. The molecule has 0 spiro atoms. The number of aromatic hydroxyl groups is 1. The van der Waals surface area contributed by atoms with Crippen LogP contribution in [0.3, 0.4) is 0 Å². The van der Waals surface area contributed by atoms with Crippen molar-refractivity contribution in [2.75, 3.05) is 13.1 Å². The summed E-state index contributed by atoms with van der Waals surface area (Å²) >= 11 is 0. The molecular formula is C25H35N5O9. The molecule has 39 heavy (non-hydrogen) atoms. The monoisotopic (exact) mass is 549 g/mol. The Hall–Kier alpha value is -4.20. The van der Waals surface area contributed by atoms with Crippen LogP contribution in [0.5, 0.6) is 5.75 Å². The van der Waals surface area contributed by atoms with Crippen molar-refractivity contribution in [3.8, 4) is 5.75 Å². The van der Waals surface area contributed by atoms with Crippen molar-refractivity contribution >= 4 is 35.6 Å². The fraction of sp³-hybridized carbons (Fsp3) is 0.520. The van der Waals surface area contributed by atoms with Crippen LogP contribution in [0, 0.1) is 5.92 Å². The van der Waals surface area contributed by atoms with Gasteiger partial charge >= 0.3 is 11.9 Å². The van der Waals surface area contributed by atoms with Gasteiger partial charge in [0.15, 0.2) is 0 Å². The van der Waals surface area contributed by atoms with Crippen LogP contribution in [0.2, 0.25) is 0 Å². The van der Waals surface area contributed by atoms with Gasteiger partial charge in [-0.05, 0) is 42.9 Å². The molecule has 1 aromatic carbocycles. The quantitative estimate of drug-likeness (QED) is 0.151. The first-order valence-electron chi connectivity index (χ1n) is 12.5. The van der Waals surface area contributed by atoms with Crippen LogP contribution in [0.1, 0.15) is 38.7 Å². The molecule has 1 aliphatic rings. The van der Waals surface area contributed by atoms with Gasteiger partial charge in [0.2, 0.25) is 23.6 Å². The number of nitrogens with one attached hydrogen (secondary N) is 3. The van der Waals surface area contributed by atoms with Crippen LogP contribution < -0.4 is 21.7 Å². The van der Waals surface area contributed by atoms with Crippen LogP contribution in [-0.2, 0) is 35.2 Å². The maximum atomic E-state index is 12.9. The van der Waals surface area contributed by atoms with Gasteiger partial charge in [-0.3, -0.25) is 24.0 Å². The van der Waals surface area contributed by atoms with E-state index in [2.05, 4.69) is 16.0 Å². The van der Waals surface area contributed by atoms with Gasteiger partial charge in [-0.1, -0.05) is 26.0 Å². The number of phenolic OH excluding ortho intramolecular Hbond substituents is 1. The molecule has 14 heteroatoms. The Balaban J connectivity index is 1.95. The Bertz CT molecular complexity index is 1080. The average molecular weight is 550 g/mol. The number of benzene rings is 1. The Kier molecular flexibility index (Phi) is 11.2. The normalized spacial score (nSPS) is 17.1. The van der Waals surface area contributed by atoms with E-state index >= 15 is 0 Å². The van der Waals surface area contributed by atoms with Crippen LogP contribution in [0.4, 0.5) is 0 Å². The largest absolute Gasteiger partial charge is 0.508 e. The summed E-state index contributed by atoms with van der Waals surface area (Å²) in [6.45, 7) is 2.80. The predicted molar refractivity (Wildman–Crippen MR) is 136 cm³/mol. The van der Waals surface area contributed by atoms with E-state index in [4.69, 9.17) is 10.8 Å². The molecule has 1 fully saturated rings. The van der Waals surface area contributed by atoms with E-state index in [1.165, 1.54) is 17.0 Å². The zero-order valence-corrected chi connectivity index (χ0v) is 21.8. The first-order chi connectivity index (χ1) is 18.3. The van der Waals surface area contributed by atoms with Crippen molar-refractivity contribution in [2.24, 2.45) is 11.7 Å². The number of rotatable bonds is 13. The lowest BCUT2D eigenvalue weighted by atomic mass is 10.0. The second-order valence-corrected chi connectivity index (χ2v) is 9.67. The van der Waals surface area contributed by atoms with E-state index in [1.807, 2.05) is 0 Å². The summed E-state index contributed by atoms with van der Waals surface area (Å²) < 4.78 is 0. The van der Waals surface area contributed by atoms with Crippen LogP contribution in [-0.4, -0.2) is 93.0 Å². The minimum atomic E-state index is -1.57. The molecule has 0 unspecified atom stereocenters. The lowest BCUT2D eigenvalue weighted by Crippen LogP contribution is -2.56. The topological polar surface area (TPSA) is 228 Å². The number of amides is 4. The first-order valence-corrected chi connectivity index (χ1v) is 12.5. The number of carboxylic acid groups (broad SMARTS) is 2. The van der Waals surface area contributed by atoms with Crippen LogP contribution in [0.25, 0.3) is 0 Å². The van der Waals surface area contributed by atoms with Crippen LogP contribution in [0.15, 0.2) is 24.3 Å². The van der Waals surface area contributed by atoms with Crippen molar-refractivity contribution in [3.63, 3.8) is 0 Å². The number of nitrogens with zero attached hydrogens (tertiary/aromatic N) is 1. The molecule has 8 N–H and O–H groups in total. The highest BCUT2D eigenvalue weighted by Crippen LogP contribution is 2.19. The first kappa shape index (κ1) is 31.0. The number of hydrogen-bond donors (Lipinski definition) is 7. The van der Waals surface area contributed by atoms with Gasteiger partial charge < -0.3 is 41.9 Å². The Labute approximate surface area is 224 Å². The molecule has 0 aliphatic carbocycles. The number of phenols is 1. The summed E-state index contributed by atoms with van der Waals surface area (Å²) in [6.07, 6.45) is 0.281. The summed E-state index contributed by atoms with van der Waals surface area (Å²) in [4.78, 5) is 74.5. The number of nitrogens with two attached hydrogens (primary N) is 1. The summed E-state index contributed by atoms with van der Waals surface area (Å²) in [5.41, 5.74) is 6.80. The predicted octanol–water partition coefficient (Wildman–Crippen LogP) is -1.45. The van der Waals surface area contributed by atoms with Crippen molar-refractivity contribution in [1.82, 2.24) is 20.9 Å². The number of likely N-dealkylation sites (tertiary alicyclic amines) is 1. The molecule has 14 nitrogen and oxygen atoms in total. The summed E-state index contributed by atoms with van der Waals surface area (Å²) in [5, 5.41) is 34.6. The third kappa shape index (κ3) is 9.25. The summed E-state index contributed by atoms with van der Waals surface area (Å²) in [7, 11) is 0. The third-order valence-electron chi connectivity index (χ3n) is 6.23. The van der Waals surface area contributed by atoms with E-state index in [9.17, 15) is 39.0 Å². The van der Waals surface area contributed by atoms with Crippen molar-refractivity contribution in [2.45, 2.75) is 63.7 Å². The molecular weight excluding hydrogens is 514 g/mol. The molecule has 4 amide bonds. The smallest absolute Gasteiger partial charge is 0.326 e. The maximum Gasteiger partial charge on any atom is 0.326 e. The van der Waals surface area contributed by atoms with E-state index < -0.39 is 78.6 Å². The molecule has 4 atom stereocenters. The van der Waals surface area contributed by atoms with E-state index in [-0.39, 0.29) is 12.2 Å². The molecule has 0 aromatic heterocycles. The highest BCUT2D eigenvalue weighted by atomic mass is 16.4. The minimum absolute atomic E-state index is 0.0777. The van der Waals surface area contributed by atoms with Crippen molar-refractivity contribution in [1.29, 1.82) is 0 Å². The van der Waals surface area contributed by atoms with E-state index in [1.54, 1.807) is 26.0 Å². The molecule has 1 aromatic rings. The zero-order valence-electron chi connectivity index (χ0n) is 21.8. The Morgan fingerprint density at radius 2 is 1.69 bits per heavy atom. The zero-order chi connectivity index (χ0) is 29.3. The highest BCUT2D eigenvalue weighted by Gasteiger charge is 2.36. The van der Waals surface area contributed by atoms with Crippen molar-refractivity contribution in [3.05, 3.63) is 29.8 Å². The second kappa shape index (κ2) is 14.1. The molecule has 0 radical (unpaired) electrons. The molecule has 0 bridgehead atoms. The van der Waals surface area contributed by atoms with Crippen molar-refractivity contribution < 1.29 is 44.1 Å². The number of aliphatic carboxylic acids is 2. The third-order valence-corrected chi connectivity index (χ3v) is 6.23. The maximum absolute atomic E-state index is 12.9. The summed E-state index contributed by atoms with van der Waals surface area (Å²) in [6, 6.07) is 1.56.